The highest BCUT2D eigenvalue weighted by Crippen LogP contribution is 2.39. The van der Waals surface area contributed by atoms with Gasteiger partial charge in [0.25, 0.3) is 5.91 Å². The standard InChI is InChI=1S/C22H23N5O3/c1-2-24-22(30)27-19(14-4-3-5-14)13-18(26-27)17-7-6-16(12-20(17)28)25-21(29)15-8-10-23-11-9-15/h6-14,28H,2-5H2,1H3,(H,24,30)(H,25,29). The van der Waals surface area contributed by atoms with E-state index in [2.05, 4.69) is 20.7 Å². The summed E-state index contributed by atoms with van der Waals surface area (Å²) in [6.45, 7) is 2.37. The van der Waals surface area contributed by atoms with Crippen LogP contribution in [0.15, 0.2) is 48.8 Å². The van der Waals surface area contributed by atoms with Crippen LogP contribution in [-0.2, 0) is 0 Å². The van der Waals surface area contributed by atoms with Gasteiger partial charge in [-0.3, -0.25) is 9.78 Å². The molecule has 1 aromatic carbocycles. The fourth-order valence-corrected chi connectivity index (χ4v) is 3.44. The minimum atomic E-state index is -0.294. The number of carbonyl (C=O) groups is 2. The molecule has 30 heavy (non-hydrogen) atoms. The van der Waals surface area contributed by atoms with Crippen molar-refractivity contribution in [3.63, 3.8) is 0 Å². The molecule has 1 fully saturated rings. The summed E-state index contributed by atoms with van der Waals surface area (Å²) in [6, 6.07) is 9.67. The highest BCUT2D eigenvalue weighted by Gasteiger charge is 2.27. The maximum atomic E-state index is 12.4. The Hall–Kier alpha value is -3.68. The van der Waals surface area contributed by atoms with Crippen molar-refractivity contribution in [3.05, 3.63) is 60.0 Å². The number of hydrogen-bond donors (Lipinski definition) is 3. The van der Waals surface area contributed by atoms with E-state index in [9.17, 15) is 14.7 Å². The average Bonchev–Trinajstić information content (AvgIpc) is 3.12. The second kappa shape index (κ2) is 8.36. The number of nitrogens with zero attached hydrogens (tertiary/aromatic N) is 3. The van der Waals surface area contributed by atoms with Gasteiger partial charge in [-0.2, -0.15) is 9.78 Å². The Labute approximate surface area is 174 Å². The Balaban J connectivity index is 1.60. The molecule has 0 unspecified atom stereocenters. The first kappa shape index (κ1) is 19.6. The number of nitrogens with one attached hydrogen (secondary N) is 2. The van der Waals surface area contributed by atoms with E-state index in [4.69, 9.17) is 0 Å². The molecule has 0 radical (unpaired) electrons. The molecule has 154 valence electrons. The monoisotopic (exact) mass is 405 g/mol. The van der Waals surface area contributed by atoms with E-state index in [1.165, 1.54) is 10.7 Å². The Morgan fingerprint density at radius 3 is 2.57 bits per heavy atom. The first-order valence-corrected chi connectivity index (χ1v) is 9.99. The van der Waals surface area contributed by atoms with Crippen LogP contribution in [0.5, 0.6) is 5.75 Å². The van der Waals surface area contributed by atoms with E-state index in [1.54, 1.807) is 36.7 Å². The molecule has 2 heterocycles. The fraction of sp³-hybridized carbons (Fsp3) is 0.273. The number of hydrogen-bond acceptors (Lipinski definition) is 5. The van der Waals surface area contributed by atoms with Crippen LogP contribution in [0.4, 0.5) is 10.5 Å². The van der Waals surface area contributed by atoms with Crippen molar-refractivity contribution in [2.24, 2.45) is 0 Å². The lowest BCUT2D eigenvalue weighted by Crippen LogP contribution is -2.31. The number of amides is 2. The quantitative estimate of drug-likeness (QED) is 0.599. The highest BCUT2D eigenvalue weighted by atomic mass is 16.3. The molecule has 3 N–H and O–H groups in total. The molecule has 0 saturated heterocycles. The van der Waals surface area contributed by atoms with Gasteiger partial charge in [-0.05, 0) is 50.1 Å². The largest absolute Gasteiger partial charge is 0.507 e. The van der Waals surface area contributed by atoms with Gasteiger partial charge in [0, 0.05) is 47.7 Å². The molecule has 8 nitrogen and oxygen atoms in total. The zero-order chi connectivity index (χ0) is 21.1. The number of phenols is 1. The molecule has 1 aliphatic rings. The summed E-state index contributed by atoms with van der Waals surface area (Å²) in [5, 5.41) is 20.5. The highest BCUT2D eigenvalue weighted by molar-refractivity contribution is 6.04. The SMILES string of the molecule is CCNC(=O)n1nc(-c2ccc(NC(=O)c3ccncc3)cc2O)cc1C1CCC1. The van der Waals surface area contributed by atoms with Gasteiger partial charge in [-0.1, -0.05) is 6.42 Å². The molecule has 3 aromatic rings. The van der Waals surface area contributed by atoms with Crippen molar-refractivity contribution in [2.75, 3.05) is 11.9 Å². The molecule has 1 saturated carbocycles. The molecule has 0 spiro atoms. The molecule has 2 aromatic heterocycles. The lowest BCUT2D eigenvalue weighted by molar-refractivity contribution is 0.102. The van der Waals surface area contributed by atoms with Crippen LogP contribution in [0, 0.1) is 0 Å². The van der Waals surface area contributed by atoms with Crippen molar-refractivity contribution < 1.29 is 14.7 Å². The number of aromatic hydroxyl groups is 1. The van der Waals surface area contributed by atoms with E-state index in [1.807, 2.05) is 13.0 Å². The number of pyridine rings is 1. The molecule has 8 heteroatoms. The Morgan fingerprint density at radius 2 is 1.93 bits per heavy atom. The third-order valence-corrected chi connectivity index (χ3v) is 5.25. The lowest BCUT2D eigenvalue weighted by Gasteiger charge is -2.25. The molecule has 0 bridgehead atoms. The van der Waals surface area contributed by atoms with Gasteiger partial charge in [0.2, 0.25) is 0 Å². The maximum Gasteiger partial charge on any atom is 0.342 e. The van der Waals surface area contributed by atoms with E-state index < -0.39 is 0 Å². The Bertz CT molecular complexity index is 1070. The van der Waals surface area contributed by atoms with Crippen LogP contribution in [0.1, 0.15) is 48.2 Å². The zero-order valence-electron chi connectivity index (χ0n) is 16.6. The third kappa shape index (κ3) is 3.89. The van der Waals surface area contributed by atoms with Crippen molar-refractivity contribution in [1.29, 1.82) is 0 Å². The van der Waals surface area contributed by atoms with E-state index in [0.29, 0.717) is 35.0 Å². The summed E-state index contributed by atoms with van der Waals surface area (Å²) in [4.78, 5) is 28.6. The second-order valence-electron chi connectivity index (χ2n) is 7.25. The van der Waals surface area contributed by atoms with Crippen LogP contribution in [0.25, 0.3) is 11.3 Å². The summed E-state index contributed by atoms with van der Waals surface area (Å²) < 4.78 is 1.40. The first-order chi connectivity index (χ1) is 14.6. The summed E-state index contributed by atoms with van der Waals surface area (Å²) in [5.41, 5.74) is 2.81. The summed E-state index contributed by atoms with van der Waals surface area (Å²) >= 11 is 0. The molecule has 4 rings (SSSR count). The number of anilines is 1. The number of aromatic nitrogens is 3. The molecule has 0 aliphatic heterocycles. The Kier molecular flexibility index (Phi) is 5.47. The summed E-state index contributed by atoms with van der Waals surface area (Å²) in [7, 11) is 0. The van der Waals surface area contributed by atoms with Gasteiger partial charge in [-0.25, -0.2) is 4.79 Å². The maximum absolute atomic E-state index is 12.4. The minimum Gasteiger partial charge on any atom is -0.507 e. The van der Waals surface area contributed by atoms with Crippen LogP contribution in [0.3, 0.4) is 0 Å². The number of rotatable bonds is 5. The molecule has 2 amide bonds. The normalized spacial score (nSPS) is 13.5. The van der Waals surface area contributed by atoms with Gasteiger partial charge in [-0.15, -0.1) is 0 Å². The molecular weight excluding hydrogens is 382 g/mol. The first-order valence-electron chi connectivity index (χ1n) is 9.99. The predicted molar refractivity (Wildman–Crippen MR) is 113 cm³/mol. The second-order valence-corrected chi connectivity index (χ2v) is 7.25. The van der Waals surface area contributed by atoms with Gasteiger partial charge >= 0.3 is 6.03 Å². The topological polar surface area (TPSA) is 109 Å². The predicted octanol–water partition coefficient (Wildman–Crippen LogP) is 3.75. The van der Waals surface area contributed by atoms with Crippen LogP contribution in [-0.4, -0.2) is 38.4 Å². The van der Waals surface area contributed by atoms with Gasteiger partial charge in [0.15, 0.2) is 0 Å². The van der Waals surface area contributed by atoms with E-state index in [-0.39, 0.29) is 17.7 Å². The minimum absolute atomic E-state index is 0.0248. The van der Waals surface area contributed by atoms with Crippen molar-refractivity contribution in [1.82, 2.24) is 20.1 Å². The summed E-state index contributed by atoms with van der Waals surface area (Å²) in [5.74, 6) is -0.0181. The lowest BCUT2D eigenvalue weighted by atomic mass is 9.82. The van der Waals surface area contributed by atoms with Crippen LogP contribution >= 0.6 is 0 Å². The zero-order valence-corrected chi connectivity index (χ0v) is 16.6. The van der Waals surface area contributed by atoms with Crippen LogP contribution < -0.4 is 10.6 Å². The van der Waals surface area contributed by atoms with Crippen molar-refractivity contribution in [3.8, 4) is 17.0 Å². The van der Waals surface area contributed by atoms with Gasteiger partial charge in [0.05, 0.1) is 11.4 Å². The van der Waals surface area contributed by atoms with Crippen molar-refractivity contribution >= 4 is 17.6 Å². The van der Waals surface area contributed by atoms with Gasteiger partial charge in [0.1, 0.15) is 5.75 Å². The smallest absolute Gasteiger partial charge is 0.342 e. The molecule has 1 aliphatic carbocycles. The van der Waals surface area contributed by atoms with E-state index in [0.717, 1.165) is 25.0 Å². The van der Waals surface area contributed by atoms with Crippen LogP contribution in [0.2, 0.25) is 0 Å². The van der Waals surface area contributed by atoms with Crippen molar-refractivity contribution in [2.45, 2.75) is 32.1 Å². The number of benzene rings is 1. The average molecular weight is 405 g/mol. The molecular formula is C22H23N5O3. The Morgan fingerprint density at radius 1 is 1.17 bits per heavy atom. The molecule has 0 atom stereocenters. The summed E-state index contributed by atoms with van der Waals surface area (Å²) in [6.07, 6.45) is 6.27. The van der Waals surface area contributed by atoms with Gasteiger partial charge < -0.3 is 15.7 Å². The van der Waals surface area contributed by atoms with E-state index >= 15 is 0 Å². The third-order valence-electron chi connectivity index (χ3n) is 5.25. The number of carbonyl (C=O) groups excluding carboxylic acids is 2. The number of phenolic OH excluding ortho intramolecular Hbond substituents is 1. The fourth-order valence-electron chi connectivity index (χ4n) is 3.44.